The highest BCUT2D eigenvalue weighted by Gasteiger charge is 2.08. The number of hydrogen-bond donors (Lipinski definition) is 2. The van der Waals surface area contributed by atoms with Gasteiger partial charge in [0, 0.05) is 24.7 Å². The second-order valence-corrected chi connectivity index (χ2v) is 5.34. The van der Waals surface area contributed by atoms with Crippen molar-refractivity contribution in [2.24, 2.45) is 0 Å². The minimum Gasteiger partial charge on any atom is -0.373 e. The molecule has 20 heavy (non-hydrogen) atoms. The molecule has 0 saturated heterocycles. The van der Waals surface area contributed by atoms with E-state index in [1.165, 1.54) is 11.1 Å². The topological polar surface area (TPSA) is 49.8 Å². The van der Waals surface area contributed by atoms with Crippen molar-refractivity contribution in [1.82, 2.24) is 9.97 Å². The van der Waals surface area contributed by atoms with E-state index in [1.807, 2.05) is 13.1 Å². The van der Waals surface area contributed by atoms with Gasteiger partial charge in [0.1, 0.15) is 17.5 Å². The summed E-state index contributed by atoms with van der Waals surface area (Å²) >= 11 is 0. The third-order valence-corrected chi connectivity index (χ3v) is 3.17. The van der Waals surface area contributed by atoms with Gasteiger partial charge in [-0.2, -0.15) is 0 Å². The Labute approximate surface area is 120 Å². The third kappa shape index (κ3) is 3.26. The average molecular weight is 270 g/mol. The van der Waals surface area contributed by atoms with Gasteiger partial charge in [-0.25, -0.2) is 9.97 Å². The van der Waals surface area contributed by atoms with Crippen LogP contribution in [0, 0.1) is 13.8 Å². The fourth-order valence-electron chi connectivity index (χ4n) is 1.92. The quantitative estimate of drug-likeness (QED) is 0.881. The lowest BCUT2D eigenvalue weighted by atomic mass is 10.1. The largest absolute Gasteiger partial charge is 0.373 e. The second kappa shape index (κ2) is 5.90. The van der Waals surface area contributed by atoms with Crippen LogP contribution in [0.1, 0.15) is 36.7 Å². The number of anilines is 3. The average Bonchev–Trinajstić information content (AvgIpc) is 2.42. The Bertz CT molecular complexity index is 605. The molecule has 1 aromatic carbocycles. The number of hydrogen-bond acceptors (Lipinski definition) is 4. The molecule has 0 bridgehead atoms. The van der Waals surface area contributed by atoms with E-state index in [-0.39, 0.29) is 0 Å². The van der Waals surface area contributed by atoms with Crippen molar-refractivity contribution in [2.75, 3.05) is 17.7 Å². The summed E-state index contributed by atoms with van der Waals surface area (Å²) in [5.41, 5.74) is 3.51. The highest BCUT2D eigenvalue weighted by Crippen LogP contribution is 2.23. The Kier molecular flexibility index (Phi) is 4.23. The van der Waals surface area contributed by atoms with Crippen LogP contribution in [0.25, 0.3) is 0 Å². The van der Waals surface area contributed by atoms with Crippen molar-refractivity contribution in [1.29, 1.82) is 0 Å². The van der Waals surface area contributed by atoms with E-state index in [0.29, 0.717) is 5.92 Å². The highest BCUT2D eigenvalue weighted by molar-refractivity contribution is 5.63. The van der Waals surface area contributed by atoms with Crippen molar-refractivity contribution in [2.45, 2.75) is 33.6 Å². The van der Waals surface area contributed by atoms with E-state index in [4.69, 9.17) is 0 Å². The molecule has 0 fully saturated rings. The van der Waals surface area contributed by atoms with Gasteiger partial charge in [0.15, 0.2) is 0 Å². The molecule has 1 aromatic heterocycles. The molecule has 4 heteroatoms. The van der Waals surface area contributed by atoms with Crippen LogP contribution in [-0.4, -0.2) is 17.0 Å². The normalized spacial score (nSPS) is 10.7. The van der Waals surface area contributed by atoms with Gasteiger partial charge in [-0.3, -0.25) is 0 Å². The molecular formula is C16H22N4. The number of nitrogens with one attached hydrogen (secondary N) is 2. The van der Waals surface area contributed by atoms with E-state index in [9.17, 15) is 0 Å². The summed E-state index contributed by atoms with van der Waals surface area (Å²) in [5.74, 6) is 2.78. The maximum atomic E-state index is 4.58. The molecule has 106 valence electrons. The SMILES string of the molecule is CNc1cc(Nc2cc(C)ccc2C)nc(C(C)C)n1. The van der Waals surface area contributed by atoms with Gasteiger partial charge in [-0.1, -0.05) is 26.0 Å². The van der Waals surface area contributed by atoms with Crippen LogP contribution >= 0.6 is 0 Å². The molecule has 4 nitrogen and oxygen atoms in total. The Morgan fingerprint density at radius 1 is 1.00 bits per heavy atom. The molecule has 1 heterocycles. The first-order chi connectivity index (χ1) is 9.49. The number of aromatic nitrogens is 2. The van der Waals surface area contributed by atoms with Crippen LogP contribution in [0.3, 0.4) is 0 Å². The van der Waals surface area contributed by atoms with Gasteiger partial charge in [0.2, 0.25) is 0 Å². The molecule has 0 atom stereocenters. The van der Waals surface area contributed by atoms with Crippen molar-refractivity contribution >= 4 is 17.3 Å². The van der Waals surface area contributed by atoms with E-state index in [0.717, 1.165) is 23.1 Å². The molecule has 0 unspecified atom stereocenters. The van der Waals surface area contributed by atoms with Crippen LogP contribution in [0.2, 0.25) is 0 Å². The third-order valence-electron chi connectivity index (χ3n) is 3.17. The first-order valence-electron chi connectivity index (χ1n) is 6.90. The lowest BCUT2D eigenvalue weighted by molar-refractivity contribution is 0.778. The summed E-state index contributed by atoms with van der Waals surface area (Å²) in [6.45, 7) is 8.36. The van der Waals surface area contributed by atoms with Gasteiger partial charge < -0.3 is 10.6 Å². The Morgan fingerprint density at radius 2 is 1.70 bits per heavy atom. The van der Waals surface area contributed by atoms with Crippen LogP contribution < -0.4 is 10.6 Å². The fourth-order valence-corrected chi connectivity index (χ4v) is 1.92. The molecule has 2 aromatic rings. The summed E-state index contributed by atoms with van der Waals surface area (Å²) in [6.07, 6.45) is 0. The Hall–Kier alpha value is -2.10. The summed E-state index contributed by atoms with van der Waals surface area (Å²) in [5, 5.41) is 6.48. The number of benzene rings is 1. The molecule has 0 aliphatic rings. The minimum atomic E-state index is 0.294. The lowest BCUT2D eigenvalue weighted by Gasteiger charge is -2.13. The second-order valence-electron chi connectivity index (χ2n) is 5.34. The first-order valence-corrected chi connectivity index (χ1v) is 6.90. The van der Waals surface area contributed by atoms with Crippen LogP contribution in [0.4, 0.5) is 17.3 Å². The van der Waals surface area contributed by atoms with Crippen LogP contribution in [-0.2, 0) is 0 Å². The molecule has 0 aliphatic heterocycles. The molecule has 2 rings (SSSR count). The summed E-state index contributed by atoms with van der Waals surface area (Å²) in [6, 6.07) is 8.28. The molecule has 2 N–H and O–H groups in total. The van der Waals surface area contributed by atoms with E-state index >= 15 is 0 Å². The number of nitrogens with zero attached hydrogens (tertiary/aromatic N) is 2. The smallest absolute Gasteiger partial charge is 0.136 e. The van der Waals surface area contributed by atoms with Crippen LogP contribution in [0.15, 0.2) is 24.3 Å². The zero-order valence-corrected chi connectivity index (χ0v) is 12.8. The van der Waals surface area contributed by atoms with Gasteiger partial charge in [0.05, 0.1) is 0 Å². The van der Waals surface area contributed by atoms with Crippen LogP contribution in [0.5, 0.6) is 0 Å². The number of rotatable bonds is 4. The van der Waals surface area contributed by atoms with Gasteiger partial charge in [-0.05, 0) is 31.0 Å². The van der Waals surface area contributed by atoms with Gasteiger partial charge in [-0.15, -0.1) is 0 Å². The maximum Gasteiger partial charge on any atom is 0.136 e. The molecule has 0 amide bonds. The Morgan fingerprint density at radius 3 is 2.35 bits per heavy atom. The summed E-state index contributed by atoms with van der Waals surface area (Å²) in [4.78, 5) is 9.06. The summed E-state index contributed by atoms with van der Waals surface area (Å²) in [7, 11) is 1.87. The van der Waals surface area contributed by atoms with Gasteiger partial charge >= 0.3 is 0 Å². The molecule has 0 spiro atoms. The van der Waals surface area contributed by atoms with E-state index < -0.39 is 0 Å². The zero-order chi connectivity index (χ0) is 14.7. The summed E-state index contributed by atoms with van der Waals surface area (Å²) < 4.78 is 0. The monoisotopic (exact) mass is 270 g/mol. The molecule has 0 saturated carbocycles. The van der Waals surface area contributed by atoms with Crippen molar-refractivity contribution in [3.8, 4) is 0 Å². The maximum absolute atomic E-state index is 4.58. The lowest BCUT2D eigenvalue weighted by Crippen LogP contribution is -2.05. The molecular weight excluding hydrogens is 248 g/mol. The van der Waals surface area contributed by atoms with E-state index in [1.54, 1.807) is 0 Å². The highest BCUT2D eigenvalue weighted by atomic mass is 15.1. The van der Waals surface area contributed by atoms with Gasteiger partial charge in [0.25, 0.3) is 0 Å². The predicted molar refractivity (Wildman–Crippen MR) is 84.9 cm³/mol. The number of aryl methyl sites for hydroxylation is 2. The first kappa shape index (κ1) is 14.3. The standard InChI is InChI=1S/C16H22N4/c1-10(2)16-19-14(17-5)9-15(20-16)18-13-8-11(3)6-7-12(13)4/h6-10H,1-5H3,(H2,17,18,19,20). The fraction of sp³-hybridized carbons (Fsp3) is 0.375. The van der Waals surface area contributed by atoms with Crippen molar-refractivity contribution in [3.63, 3.8) is 0 Å². The minimum absolute atomic E-state index is 0.294. The van der Waals surface area contributed by atoms with Crippen molar-refractivity contribution < 1.29 is 0 Å². The molecule has 0 radical (unpaired) electrons. The predicted octanol–water partition coefficient (Wildman–Crippen LogP) is 4.00. The van der Waals surface area contributed by atoms with Crippen molar-refractivity contribution in [3.05, 3.63) is 41.2 Å². The molecule has 0 aliphatic carbocycles. The van der Waals surface area contributed by atoms with E-state index in [2.05, 4.69) is 66.5 Å². The Balaban J connectivity index is 2.37. The zero-order valence-electron chi connectivity index (χ0n) is 12.8.